The van der Waals surface area contributed by atoms with E-state index < -0.39 is 0 Å². The van der Waals surface area contributed by atoms with E-state index in [-0.39, 0.29) is 23.1 Å². The number of benzene rings is 1. The molecule has 2 amide bonds. The smallest absolute Gasteiger partial charge is 0.274 e. The van der Waals surface area contributed by atoms with Crippen LogP contribution < -0.4 is 10.9 Å². The van der Waals surface area contributed by atoms with Crippen LogP contribution in [0.3, 0.4) is 0 Å². The number of unbranched alkanes of at least 4 members (excludes halogenated alkanes) is 2. The van der Waals surface area contributed by atoms with Crippen molar-refractivity contribution in [1.29, 1.82) is 0 Å². The number of nitrogens with one attached hydrogen (secondary N) is 1. The van der Waals surface area contributed by atoms with Crippen LogP contribution in [0.1, 0.15) is 68.8 Å². The van der Waals surface area contributed by atoms with Crippen LogP contribution in [0.2, 0.25) is 0 Å². The average Bonchev–Trinajstić information content (AvgIpc) is 2.97. The van der Waals surface area contributed by atoms with Gasteiger partial charge in [-0.05, 0) is 31.7 Å². The Morgan fingerprint density at radius 1 is 1.03 bits per heavy atom. The van der Waals surface area contributed by atoms with Crippen molar-refractivity contribution in [1.82, 2.24) is 20.0 Å². The minimum absolute atomic E-state index is 0.155. The quantitative estimate of drug-likeness (QED) is 0.642. The molecule has 1 aromatic heterocycles. The van der Waals surface area contributed by atoms with E-state index in [4.69, 9.17) is 0 Å². The fourth-order valence-electron chi connectivity index (χ4n) is 3.90. The van der Waals surface area contributed by atoms with Crippen molar-refractivity contribution < 1.29 is 9.59 Å². The van der Waals surface area contributed by atoms with Crippen molar-refractivity contribution in [3.05, 3.63) is 40.3 Å². The van der Waals surface area contributed by atoms with Gasteiger partial charge in [0.2, 0.25) is 5.91 Å². The highest BCUT2D eigenvalue weighted by Crippen LogP contribution is 2.14. The molecule has 0 aliphatic carbocycles. The largest absolute Gasteiger partial charge is 0.351 e. The lowest BCUT2D eigenvalue weighted by Crippen LogP contribution is -2.35. The molecule has 0 bridgehead atoms. The molecular weight excluding hydrogens is 380 g/mol. The fraction of sp³-hybridized carbons (Fsp3) is 0.565. The summed E-state index contributed by atoms with van der Waals surface area (Å²) in [6, 6.07) is 7.13. The van der Waals surface area contributed by atoms with Gasteiger partial charge in [0.25, 0.3) is 11.5 Å². The molecule has 1 saturated heterocycles. The van der Waals surface area contributed by atoms with Gasteiger partial charge in [-0.3, -0.25) is 14.4 Å². The summed E-state index contributed by atoms with van der Waals surface area (Å²) in [6.45, 7) is 4.54. The van der Waals surface area contributed by atoms with Crippen LogP contribution in [0.25, 0.3) is 10.8 Å². The molecule has 1 aliphatic rings. The standard InChI is InChI=1S/C23H32N4O3/c1-2-3-8-17-27-23(30)19-12-7-6-11-18(19)21(25-27)22(29)24-14-10-16-26-15-9-4-5-13-20(26)28/h6-7,11-12H,2-5,8-10,13-17H2,1H3,(H,24,29). The monoisotopic (exact) mass is 412 g/mol. The van der Waals surface area contributed by atoms with Crippen LogP contribution in [-0.4, -0.2) is 46.1 Å². The first-order valence-corrected chi connectivity index (χ1v) is 11.2. The second kappa shape index (κ2) is 10.9. The number of nitrogens with zero attached hydrogens (tertiary/aromatic N) is 3. The van der Waals surface area contributed by atoms with Gasteiger partial charge in [-0.15, -0.1) is 0 Å². The van der Waals surface area contributed by atoms with Gasteiger partial charge in [0.1, 0.15) is 0 Å². The van der Waals surface area contributed by atoms with Gasteiger partial charge in [0.05, 0.1) is 5.39 Å². The topological polar surface area (TPSA) is 84.3 Å². The number of aromatic nitrogens is 2. The third-order valence-electron chi connectivity index (χ3n) is 5.62. The van der Waals surface area contributed by atoms with Gasteiger partial charge in [0, 0.05) is 38.0 Å². The van der Waals surface area contributed by atoms with Gasteiger partial charge in [-0.25, -0.2) is 4.68 Å². The molecule has 0 saturated carbocycles. The fourth-order valence-corrected chi connectivity index (χ4v) is 3.90. The number of hydrogen-bond acceptors (Lipinski definition) is 4. The highest BCUT2D eigenvalue weighted by atomic mass is 16.2. The summed E-state index contributed by atoms with van der Waals surface area (Å²) in [4.78, 5) is 39.6. The van der Waals surface area contributed by atoms with E-state index in [2.05, 4.69) is 17.3 Å². The lowest BCUT2D eigenvalue weighted by molar-refractivity contribution is -0.130. The molecule has 0 radical (unpaired) electrons. The number of amides is 2. The summed E-state index contributed by atoms with van der Waals surface area (Å²) in [5, 5.41) is 8.41. The van der Waals surface area contributed by atoms with Crippen molar-refractivity contribution in [2.24, 2.45) is 0 Å². The molecule has 0 spiro atoms. The Hall–Kier alpha value is -2.70. The Labute approximate surface area is 177 Å². The van der Waals surface area contributed by atoms with Gasteiger partial charge in [0.15, 0.2) is 5.69 Å². The predicted octanol–water partition coefficient (Wildman–Crippen LogP) is 3.11. The van der Waals surface area contributed by atoms with Gasteiger partial charge < -0.3 is 10.2 Å². The van der Waals surface area contributed by atoms with E-state index in [1.54, 1.807) is 18.2 Å². The van der Waals surface area contributed by atoms with Crippen LogP contribution in [0.15, 0.2) is 29.1 Å². The molecule has 30 heavy (non-hydrogen) atoms. The van der Waals surface area contributed by atoms with E-state index in [1.165, 1.54) is 4.68 Å². The zero-order valence-corrected chi connectivity index (χ0v) is 17.9. The normalized spacial score (nSPS) is 14.7. The first kappa shape index (κ1) is 22.0. The number of likely N-dealkylation sites (tertiary alicyclic amines) is 1. The molecule has 0 atom stereocenters. The highest BCUT2D eigenvalue weighted by Gasteiger charge is 2.18. The minimum Gasteiger partial charge on any atom is -0.351 e. The maximum Gasteiger partial charge on any atom is 0.274 e. The lowest BCUT2D eigenvalue weighted by atomic mass is 10.1. The Kier molecular flexibility index (Phi) is 7.99. The Morgan fingerprint density at radius 2 is 1.83 bits per heavy atom. The molecule has 0 unspecified atom stereocenters. The summed E-state index contributed by atoms with van der Waals surface area (Å²) >= 11 is 0. The van der Waals surface area contributed by atoms with E-state index in [1.807, 2.05) is 11.0 Å². The van der Waals surface area contributed by atoms with Crippen molar-refractivity contribution in [2.45, 2.75) is 64.8 Å². The molecule has 7 heteroatoms. The maximum absolute atomic E-state index is 12.9. The molecule has 7 nitrogen and oxygen atoms in total. The molecule has 2 aromatic rings. The number of hydrogen-bond donors (Lipinski definition) is 1. The van der Waals surface area contributed by atoms with E-state index in [0.29, 0.717) is 43.2 Å². The number of rotatable bonds is 9. The summed E-state index contributed by atoms with van der Waals surface area (Å²) in [5.74, 6) is -0.0664. The number of carbonyl (C=O) groups excluding carboxylic acids is 2. The van der Waals surface area contributed by atoms with Crippen LogP contribution in [-0.2, 0) is 11.3 Å². The van der Waals surface area contributed by atoms with Crippen LogP contribution in [0.5, 0.6) is 0 Å². The summed E-state index contributed by atoms with van der Waals surface area (Å²) in [6.07, 6.45) is 7.37. The summed E-state index contributed by atoms with van der Waals surface area (Å²) in [7, 11) is 0. The zero-order valence-electron chi connectivity index (χ0n) is 17.9. The van der Waals surface area contributed by atoms with E-state index >= 15 is 0 Å². The first-order chi connectivity index (χ1) is 14.6. The van der Waals surface area contributed by atoms with Gasteiger partial charge >= 0.3 is 0 Å². The molecule has 1 aromatic carbocycles. The molecule has 1 aliphatic heterocycles. The van der Waals surface area contributed by atoms with Crippen LogP contribution in [0.4, 0.5) is 0 Å². The zero-order chi connectivity index (χ0) is 21.3. The molecule has 2 heterocycles. The van der Waals surface area contributed by atoms with Gasteiger partial charge in [-0.2, -0.15) is 5.10 Å². The van der Waals surface area contributed by atoms with Crippen molar-refractivity contribution in [3.63, 3.8) is 0 Å². The SMILES string of the molecule is CCCCCn1nc(C(=O)NCCCN2CCCCCC2=O)c2ccccc2c1=O. The second-order valence-corrected chi connectivity index (χ2v) is 7.93. The number of carbonyl (C=O) groups is 2. The summed E-state index contributed by atoms with van der Waals surface area (Å²) in [5.41, 5.74) is 0.130. The Balaban J connectivity index is 1.67. The van der Waals surface area contributed by atoms with Crippen molar-refractivity contribution >= 4 is 22.6 Å². The Bertz CT molecular complexity index is 938. The molecule has 1 N–H and O–H groups in total. The number of fused-ring (bicyclic) bond motifs is 1. The third kappa shape index (κ3) is 5.46. The second-order valence-electron chi connectivity index (χ2n) is 7.93. The van der Waals surface area contributed by atoms with Crippen molar-refractivity contribution in [3.8, 4) is 0 Å². The van der Waals surface area contributed by atoms with Gasteiger partial charge in [-0.1, -0.05) is 44.4 Å². The molecule has 162 valence electrons. The van der Waals surface area contributed by atoms with E-state index in [0.717, 1.165) is 45.1 Å². The summed E-state index contributed by atoms with van der Waals surface area (Å²) < 4.78 is 1.42. The average molecular weight is 413 g/mol. The molecule has 3 rings (SSSR count). The minimum atomic E-state index is -0.280. The van der Waals surface area contributed by atoms with E-state index in [9.17, 15) is 14.4 Å². The highest BCUT2D eigenvalue weighted by molar-refractivity contribution is 6.04. The maximum atomic E-state index is 12.9. The van der Waals surface area contributed by atoms with Crippen LogP contribution in [0, 0.1) is 0 Å². The Morgan fingerprint density at radius 3 is 2.63 bits per heavy atom. The lowest BCUT2D eigenvalue weighted by Gasteiger charge is -2.20. The third-order valence-corrected chi connectivity index (χ3v) is 5.62. The molecular formula is C23H32N4O3. The van der Waals surface area contributed by atoms with Crippen molar-refractivity contribution in [2.75, 3.05) is 19.6 Å². The molecule has 1 fully saturated rings. The number of aryl methyl sites for hydroxylation is 1. The van der Waals surface area contributed by atoms with Crippen LogP contribution >= 0.6 is 0 Å². The first-order valence-electron chi connectivity index (χ1n) is 11.2. The predicted molar refractivity (Wildman–Crippen MR) is 118 cm³/mol.